The monoisotopic (exact) mass is 226 g/mol. The van der Waals surface area contributed by atoms with Gasteiger partial charge in [-0.1, -0.05) is 12.1 Å². The SMILES string of the molecule is Cc1ccc(CNc2cccc(C)c2C#N)o1. The van der Waals surface area contributed by atoms with Gasteiger partial charge in [-0.2, -0.15) is 5.26 Å². The highest BCUT2D eigenvalue weighted by molar-refractivity contribution is 5.60. The van der Waals surface area contributed by atoms with E-state index in [0.717, 1.165) is 22.8 Å². The number of rotatable bonds is 3. The fourth-order valence-corrected chi connectivity index (χ4v) is 1.73. The molecule has 0 unspecified atom stereocenters. The van der Waals surface area contributed by atoms with Gasteiger partial charge >= 0.3 is 0 Å². The third-order valence-corrected chi connectivity index (χ3v) is 2.63. The number of benzene rings is 1. The zero-order valence-electron chi connectivity index (χ0n) is 9.95. The molecule has 0 saturated carbocycles. The molecule has 17 heavy (non-hydrogen) atoms. The normalized spacial score (nSPS) is 9.94. The third kappa shape index (κ3) is 2.48. The Morgan fingerprint density at radius 1 is 1.24 bits per heavy atom. The summed E-state index contributed by atoms with van der Waals surface area (Å²) < 4.78 is 5.46. The lowest BCUT2D eigenvalue weighted by Gasteiger charge is -2.08. The summed E-state index contributed by atoms with van der Waals surface area (Å²) in [7, 11) is 0. The van der Waals surface area contributed by atoms with Crippen molar-refractivity contribution < 1.29 is 4.42 Å². The summed E-state index contributed by atoms with van der Waals surface area (Å²) in [5, 5.41) is 12.3. The molecule has 0 aliphatic rings. The van der Waals surface area contributed by atoms with E-state index in [9.17, 15) is 0 Å². The number of furan rings is 1. The van der Waals surface area contributed by atoms with Gasteiger partial charge in [-0.05, 0) is 37.6 Å². The maximum atomic E-state index is 9.09. The lowest BCUT2D eigenvalue weighted by molar-refractivity contribution is 0.490. The summed E-state index contributed by atoms with van der Waals surface area (Å²) >= 11 is 0. The van der Waals surface area contributed by atoms with Crippen LogP contribution in [0.4, 0.5) is 5.69 Å². The van der Waals surface area contributed by atoms with E-state index < -0.39 is 0 Å². The second-order valence-electron chi connectivity index (χ2n) is 3.98. The van der Waals surface area contributed by atoms with Crippen molar-refractivity contribution in [3.8, 4) is 6.07 Å². The van der Waals surface area contributed by atoms with Crippen molar-refractivity contribution in [2.45, 2.75) is 20.4 Å². The van der Waals surface area contributed by atoms with Crippen LogP contribution in [0.3, 0.4) is 0 Å². The molecule has 0 saturated heterocycles. The Hall–Kier alpha value is -2.21. The molecule has 3 nitrogen and oxygen atoms in total. The molecule has 0 aliphatic heterocycles. The average molecular weight is 226 g/mol. The minimum atomic E-state index is 0.589. The molecule has 0 aliphatic carbocycles. The van der Waals surface area contributed by atoms with E-state index >= 15 is 0 Å². The molecule has 1 aromatic heterocycles. The molecule has 1 N–H and O–H groups in total. The summed E-state index contributed by atoms with van der Waals surface area (Å²) in [6.07, 6.45) is 0. The topological polar surface area (TPSA) is 49.0 Å². The third-order valence-electron chi connectivity index (χ3n) is 2.63. The van der Waals surface area contributed by atoms with Gasteiger partial charge in [-0.3, -0.25) is 0 Å². The summed E-state index contributed by atoms with van der Waals surface area (Å²) in [5.41, 5.74) is 2.52. The van der Waals surface area contributed by atoms with Crippen molar-refractivity contribution in [3.05, 3.63) is 53.0 Å². The van der Waals surface area contributed by atoms with Crippen LogP contribution >= 0.6 is 0 Å². The summed E-state index contributed by atoms with van der Waals surface area (Å²) in [4.78, 5) is 0. The highest BCUT2D eigenvalue weighted by Crippen LogP contribution is 2.19. The van der Waals surface area contributed by atoms with Gasteiger partial charge in [0, 0.05) is 0 Å². The van der Waals surface area contributed by atoms with Crippen molar-refractivity contribution in [3.63, 3.8) is 0 Å². The predicted molar refractivity (Wildman–Crippen MR) is 66.7 cm³/mol. The van der Waals surface area contributed by atoms with Crippen molar-refractivity contribution in [1.29, 1.82) is 5.26 Å². The summed E-state index contributed by atoms with van der Waals surface area (Å²) in [6, 6.07) is 11.8. The Morgan fingerprint density at radius 3 is 2.71 bits per heavy atom. The molecule has 1 heterocycles. The van der Waals surface area contributed by atoms with E-state index in [4.69, 9.17) is 9.68 Å². The maximum Gasteiger partial charge on any atom is 0.123 e. The predicted octanol–water partition coefficient (Wildman–Crippen LogP) is 3.38. The summed E-state index contributed by atoms with van der Waals surface area (Å²) in [5.74, 6) is 1.76. The quantitative estimate of drug-likeness (QED) is 0.872. The number of nitrogens with one attached hydrogen (secondary N) is 1. The largest absolute Gasteiger partial charge is 0.465 e. The number of hydrogen-bond donors (Lipinski definition) is 1. The number of aryl methyl sites for hydroxylation is 2. The van der Waals surface area contributed by atoms with Gasteiger partial charge in [0.05, 0.1) is 17.8 Å². The zero-order valence-corrected chi connectivity index (χ0v) is 9.95. The summed E-state index contributed by atoms with van der Waals surface area (Å²) in [6.45, 7) is 4.43. The molecule has 0 amide bonds. The molecule has 3 heteroatoms. The second kappa shape index (κ2) is 4.75. The van der Waals surface area contributed by atoms with E-state index in [1.807, 2.05) is 44.2 Å². The lowest BCUT2D eigenvalue weighted by Crippen LogP contribution is -2.01. The number of anilines is 1. The van der Waals surface area contributed by atoms with Crippen molar-refractivity contribution in [2.24, 2.45) is 0 Å². The van der Waals surface area contributed by atoms with E-state index in [2.05, 4.69) is 11.4 Å². The first-order valence-electron chi connectivity index (χ1n) is 5.49. The fraction of sp³-hybridized carbons (Fsp3) is 0.214. The smallest absolute Gasteiger partial charge is 0.123 e. The molecule has 2 aromatic rings. The van der Waals surface area contributed by atoms with Gasteiger partial charge < -0.3 is 9.73 Å². The van der Waals surface area contributed by atoms with E-state index in [0.29, 0.717) is 12.1 Å². The van der Waals surface area contributed by atoms with Gasteiger partial charge in [-0.15, -0.1) is 0 Å². The molecule has 0 fully saturated rings. The number of nitrogens with zero attached hydrogens (tertiary/aromatic N) is 1. The van der Waals surface area contributed by atoms with Crippen LogP contribution < -0.4 is 5.32 Å². The van der Waals surface area contributed by atoms with Crippen LogP contribution in [-0.4, -0.2) is 0 Å². The van der Waals surface area contributed by atoms with Gasteiger partial charge in [0.1, 0.15) is 17.6 Å². The minimum Gasteiger partial charge on any atom is -0.465 e. The molecule has 1 aromatic carbocycles. The molecular weight excluding hydrogens is 212 g/mol. The van der Waals surface area contributed by atoms with E-state index in [1.54, 1.807) is 0 Å². The van der Waals surface area contributed by atoms with Crippen molar-refractivity contribution in [1.82, 2.24) is 0 Å². The average Bonchev–Trinajstić information content (AvgIpc) is 2.72. The lowest BCUT2D eigenvalue weighted by atomic mass is 10.1. The molecule has 0 bridgehead atoms. The number of hydrogen-bond acceptors (Lipinski definition) is 3. The maximum absolute atomic E-state index is 9.09. The van der Waals surface area contributed by atoms with E-state index in [1.165, 1.54) is 0 Å². The Balaban J connectivity index is 2.14. The standard InChI is InChI=1S/C14H14N2O/c1-10-4-3-5-14(13(10)8-15)16-9-12-7-6-11(2)17-12/h3-7,16H,9H2,1-2H3. The van der Waals surface area contributed by atoms with Crippen LogP contribution in [0.1, 0.15) is 22.6 Å². The first kappa shape index (κ1) is 11.3. The Labute approximate surface area is 101 Å². The highest BCUT2D eigenvalue weighted by Gasteiger charge is 2.05. The Bertz CT molecular complexity index is 564. The van der Waals surface area contributed by atoms with Gasteiger partial charge in [-0.25, -0.2) is 0 Å². The first-order chi connectivity index (χ1) is 8.20. The van der Waals surface area contributed by atoms with Gasteiger partial charge in [0.25, 0.3) is 0 Å². The Morgan fingerprint density at radius 2 is 2.06 bits per heavy atom. The minimum absolute atomic E-state index is 0.589. The first-order valence-corrected chi connectivity index (χ1v) is 5.49. The Kier molecular flexibility index (Phi) is 3.15. The van der Waals surface area contributed by atoms with Gasteiger partial charge in [0.2, 0.25) is 0 Å². The van der Waals surface area contributed by atoms with E-state index in [-0.39, 0.29) is 0 Å². The van der Waals surface area contributed by atoms with Crippen LogP contribution in [-0.2, 0) is 6.54 Å². The zero-order chi connectivity index (χ0) is 12.3. The molecule has 0 atom stereocenters. The van der Waals surface area contributed by atoms with Crippen LogP contribution in [0.25, 0.3) is 0 Å². The molecule has 86 valence electrons. The molecule has 0 spiro atoms. The fourth-order valence-electron chi connectivity index (χ4n) is 1.73. The van der Waals surface area contributed by atoms with Crippen molar-refractivity contribution >= 4 is 5.69 Å². The van der Waals surface area contributed by atoms with Crippen LogP contribution in [0, 0.1) is 25.2 Å². The van der Waals surface area contributed by atoms with Crippen LogP contribution in [0.5, 0.6) is 0 Å². The molecule has 2 rings (SSSR count). The van der Waals surface area contributed by atoms with Gasteiger partial charge in [0.15, 0.2) is 0 Å². The van der Waals surface area contributed by atoms with Crippen LogP contribution in [0.15, 0.2) is 34.7 Å². The molecular formula is C14H14N2O. The molecule has 0 radical (unpaired) electrons. The second-order valence-corrected chi connectivity index (χ2v) is 3.98. The van der Waals surface area contributed by atoms with Crippen molar-refractivity contribution in [2.75, 3.05) is 5.32 Å². The number of nitriles is 1. The highest BCUT2D eigenvalue weighted by atomic mass is 16.3. The van der Waals surface area contributed by atoms with Crippen LogP contribution in [0.2, 0.25) is 0 Å².